The summed E-state index contributed by atoms with van der Waals surface area (Å²) >= 11 is 0. The molecule has 3 nitrogen and oxygen atoms in total. The monoisotopic (exact) mass is 291 g/mol. The summed E-state index contributed by atoms with van der Waals surface area (Å²) in [4.78, 5) is 0. The molecule has 0 aliphatic carbocycles. The minimum absolute atomic E-state index is 0.0724. The summed E-state index contributed by atoms with van der Waals surface area (Å²) < 4.78 is 11.5. The molecule has 0 saturated carbocycles. The topological polar surface area (TPSA) is 30.5 Å². The molecule has 0 aromatic heterocycles. The first-order valence-corrected chi connectivity index (χ1v) is 7.59. The Morgan fingerprint density at radius 3 is 2.52 bits per heavy atom. The van der Waals surface area contributed by atoms with Crippen LogP contribution in [0.3, 0.4) is 0 Å². The molecule has 0 aliphatic heterocycles. The number of ether oxygens (including phenoxy) is 2. The smallest absolute Gasteiger partial charge is 0.127 e. The molecule has 0 aliphatic rings. The molecule has 3 heteroatoms. The van der Waals surface area contributed by atoms with Gasteiger partial charge in [-0.1, -0.05) is 19.6 Å². The molecule has 0 spiro atoms. The van der Waals surface area contributed by atoms with E-state index in [0.717, 1.165) is 42.2 Å². The van der Waals surface area contributed by atoms with Crippen molar-refractivity contribution in [3.8, 4) is 11.5 Å². The van der Waals surface area contributed by atoms with Gasteiger partial charge < -0.3 is 14.8 Å². The van der Waals surface area contributed by atoms with E-state index in [1.807, 2.05) is 19.1 Å². The molecule has 0 heterocycles. The van der Waals surface area contributed by atoms with Crippen molar-refractivity contribution in [2.24, 2.45) is 0 Å². The van der Waals surface area contributed by atoms with Crippen molar-refractivity contribution in [3.05, 3.63) is 35.9 Å². The van der Waals surface area contributed by atoms with Crippen LogP contribution in [0.5, 0.6) is 11.5 Å². The summed E-state index contributed by atoms with van der Waals surface area (Å²) in [5, 5.41) is 3.49. The maximum Gasteiger partial charge on any atom is 0.127 e. The highest BCUT2D eigenvalue weighted by Gasteiger charge is 2.12. The molecule has 0 radical (unpaired) electrons. The van der Waals surface area contributed by atoms with Crippen molar-refractivity contribution < 1.29 is 9.47 Å². The number of rotatable bonds is 8. The van der Waals surface area contributed by atoms with Crippen LogP contribution in [0.15, 0.2) is 30.4 Å². The van der Waals surface area contributed by atoms with E-state index >= 15 is 0 Å². The van der Waals surface area contributed by atoms with Crippen LogP contribution in [-0.2, 0) is 6.54 Å². The van der Waals surface area contributed by atoms with Crippen LogP contribution < -0.4 is 14.8 Å². The molecule has 0 bridgehead atoms. The molecule has 0 saturated heterocycles. The average Bonchev–Trinajstić information content (AvgIpc) is 2.40. The van der Waals surface area contributed by atoms with Crippen molar-refractivity contribution in [3.63, 3.8) is 0 Å². The summed E-state index contributed by atoms with van der Waals surface area (Å²) in [6.45, 7) is 16.4. The zero-order valence-electron chi connectivity index (χ0n) is 14.1. The van der Waals surface area contributed by atoms with Gasteiger partial charge in [0.15, 0.2) is 0 Å². The Kier molecular flexibility index (Phi) is 6.76. The standard InChI is InChI=1S/C18H29NO2/c1-7-10-20-16-9-8-15(12-19-18(4,5)6)17(11-16)21-13-14(2)3/h8-9,11,19H,2,7,10,12-13H2,1,3-6H3. The maximum atomic E-state index is 5.86. The fraction of sp³-hybridized carbons (Fsp3) is 0.556. The number of hydrogen-bond donors (Lipinski definition) is 1. The Morgan fingerprint density at radius 1 is 1.24 bits per heavy atom. The van der Waals surface area contributed by atoms with E-state index in [9.17, 15) is 0 Å². The highest BCUT2D eigenvalue weighted by molar-refractivity contribution is 5.41. The lowest BCUT2D eigenvalue weighted by molar-refractivity contribution is 0.309. The van der Waals surface area contributed by atoms with Gasteiger partial charge in [-0.2, -0.15) is 0 Å². The molecule has 0 fully saturated rings. The average molecular weight is 291 g/mol. The Balaban J connectivity index is 2.85. The van der Waals surface area contributed by atoms with E-state index in [0.29, 0.717) is 6.61 Å². The van der Waals surface area contributed by atoms with Gasteiger partial charge in [0, 0.05) is 23.7 Å². The highest BCUT2D eigenvalue weighted by atomic mass is 16.5. The first-order chi connectivity index (χ1) is 9.81. The van der Waals surface area contributed by atoms with E-state index in [2.05, 4.69) is 45.7 Å². The highest BCUT2D eigenvalue weighted by Crippen LogP contribution is 2.26. The summed E-state index contributed by atoms with van der Waals surface area (Å²) in [7, 11) is 0. The Hall–Kier alpha value is -1.48. The van der Waals surface area contributed by atoms with Crippen LogP contribution in [-0.4, -0.2) is 18.8 Å². The molecule has 1 aromatic carbocycles. The summed E-state index contributed by atoms with van der Waals surface area (Å²) in [5.41, 5.74) is 2.21. The van der Waals surface area contributed by atoms with Crippen molar-refractivity contribution in [1.82, 2.24) is 5.32 Å². The summed E-state index contributed by atoms with van der Waals surface area (Å²) in [6.07, 6.45) is 0.995. The fourth-order valence-electron chi connectivity index (χ4n) is 1.69. The molecule has 21 heavy (non-hydrogen) atoms. The van der Waals surface area contributed by atoms with Crippen LogP contribution in [0, 0.1) is 0 Å². The van der Waals surface area contributed by atoms with Gasteiger partial charge in [0.05, 0.1) is 6.61 Å². The van der Waals surface area contributed by atoms with Gasteiger partial charge in [-0.25, -0.2) is 0 Å². The third-order valence-corrected chi connectivity index (χ3v) is 2.79. The molecular weight excluding hydrogens is 262 g/mol. The quantitative estimate of drug-likeness (QED) is 0.724. The first kappa shape index (κ1) is 17.6. The van der Waals surface area contributed by atoms with Gasteiger partial charge in [0.1, 0.15) is 18.1 Å². The predicted molar refractivity (Wildman–Crippen MR) is 89.1 cm³/mol. The zero-order valence-corrected chi connectivity index (χ0v) is 14.1. The second kappa shape index (κ2) is 8.08. The molecular formula is C18H29NO2. The van der Waals surface area contributed by atoms with Crippen molar-refractivity contribution in [2.75, 3.05) is 13.2 Å². The number of benzene rings is 1. The van der Waals surface area contributed by atoms with E-state index < -0.39 is 0 Å². The van der Waals surface area contributed by atoms with Crippen LogP contribution in [0.4, 0.5) is 0 Å². The van der Waals surface area contributed by atoms with Crippen LogP contribution in [0.1, 0.15) is 46.6 Å². The van der Waals surface area contributed by atoms with Gasteiger partial charge in [-0.05, 0) is 45.8 Å². The molecule has 0 amide bonds. The Morgan fingerprint density at radius 2 is 1.95 bits per heavy atom. The largest absolute Gasteiger partial charge is 0.493 e. The van der Waals surface area contributed by atoms with E-state index in [-0.39, 0.29) is 5.54 Å². The van der Waals surface area contributed by atoms with Crippen LogP contribution in [0.25, 0.3) is 0 Å². The summed E-state index contributed by atoms with van der Waals surface area (Å²) in [6, 6.07) is 6.04. The second-order valence-electron chi connectivity index (χ2n) is 6.47. The van der Waals surface area contributed by atoms with Crippen LogP contribution in [0.2, 0.25) is 0 Å². The first-order valence-electron chi connectivity index (χ1n) is 7.59. The van der Waals surface area contributed by atoms with Gasteiger partial charge in [0.25, 0.3) is 0 Å². The normalized spacial score (nSPS) is 11.3. The Labute approximate surface area is 129 Å². The second-order valence-corrected chi connectivity index (χ2v) is 6.47. The van der Waals surface area contributed by atoms with Crippen molar-refractivity contribution in [1.29, 1.82) is 0 Å². The van der Waals surface area contributed by atoms with Gasteiger partial charge in [-0.15, -0.1) is 0 Å². The summed E-state index contributed by atoms with van der Waals surface area (Å²) in [5.74, 6) is 1.72. The predicted octanol–water partition coefficient (Wildman–Crippen LogP) is 4.32. The van der Waals surface area contributed by atoms with Gasteiger partial charge in [0.2, 0.25) is 0 Å². The lowest BCUT2D eigenvalue weighted by Gasteiger charge is -2.22. The van der Waals surface area contributed by atoms with E-state index in [4.69, 9.17) is 9.47 Å². The number of nitrogens with one attached hydrogen (secondary N) is 1. The number of hydrogen-bond acceptors (Lipinski definition) is 3. The van der Waals surface area contributed by atoms with Gasteiger partial charge in [-0.3, -0.25) is 0 Å². The third kappa shape index (κ3) is 7.19. The molecule has 1 rings (SSSR count). The van der Waals surface area contributed by atoms with E-state index in [1.54, 1.807) is 0 Å². The molecule has 1 aromatic rings. The minimum Gasteiger partial charge on any atom is -0.493 e. The van der Waals surface area contributed by atoms with Crippen molar-refractivity contribution in [2.45, 2.75) is 53.1 Å². The van der Waals surface area contributed by atoms with Gasteiger partial charge >= 0.3 is 0 Å². The maximum absolute atomic E-state index is 5.86. The lowest BCUT2D eigenvalue weighted by atomic mass is 10.1. The zero-order chi connectivity index (χ0) is 15.9. The molecule has 0 unspecified atom stereocenters. The van der Waals surface area contributed by atoms with Crippen LogP contribution >= 0.6 is 0 Å². The minimum atomic E-state index is 0.0724. The Bertz CT molecular complexity index is 461. The molecule has 118 valence electrons. The molecule has 0 atom stereocenters. The van der Waals surface area contributed by atoms with E-state index in [1.165, 1.54) is 0 Å². The lowest BCUT2D eigenvalue weighted by Crippen LogP contribution is -2.35. The fourth-order valence-corrected chi connectivity index (χ4v) is 1.69. The third-order valence-electron chi connectivity index (χ3n) is 2.79. The SMILES string of the molecule is C=C(C)COc1cc(OCCC)ccc1CNC(C)(C)C. The molecule has 1 N–H and O–H groups in total. The van der Waals surface area contributed by atoms with Crippen molar-refractivity contribution >= 4 is 0 Å².